The number of hydrogen-bond donors (Lipinski definition) is 1. The second-order valence-corrected chi connectivity index (χ2v) is 12.6. The van der Waals surface area contributed by atoms with Gasteiger partial charge in [0.25, 0.3) is 10.0 Å². The Bertz CT molecular complexity index is 1730. The molecule has 0 radical (unpaired) electrons. The number of ether oxygens (including phenoxy) is 3. The summed E-state index contributed by atoms with van der Waals surface area (Å²) in [7, 11) is 0.119. The van der Waals surface area contributed by atoms with Crippen molar-refractivity contribution in [3.63, 3.8) is 0 Å². The number of amides is 2. The van der Waals surface area contributed by atoms with E-state index in [1.807, 2.05) is 43.3 Å². The van der Waals surface area contributed by atoms with Crippen molar-refractivity contribution in [3.8, 4) is 17.2 Å². The Kier molecular flexibility index (Phi) is 12.2. The topological polar surface area (TPSA) is 114 Å². The highest BCUT2D eigenvalue weighted by Gasteiger charge is 2.35. The lowest BCUT2D eigenvalue weighted by Gasteiger charge is -2.34. The summed E-state index contributed by atoms with van der Waals surface area (Å²) in [6.45, 7) is 1.75. The predicted molar refractivity (Wildman–Crippen MR) is 181 cm³/mol. The van der Waals surface area contributed by atoms with E-state index in [9.17, 15) is 18.0 Å². The smallest absolute Gasteiger partial charge is 0.264 e. The van der Waals surface area contributed by atoms with Crippen LogP contribution >= 0.6 is 0 Å². The predicted octanol–water partition coefficient (Wildman–Crippen LogP) is 5.07. The Hall–Kier alpha value is -5.03. The summed E-state index contributed by atoms with van der Waals surface area (Å²) in [5.41, 5.74) is 1.66. The molecule has 4 rings (SSSR count). The number of sulfonamides is 1. The molecule has 11 heteroatoms. The summed E-state index contributed by atoms with van der Waals surface area (Å²) < 4.78 is 46.0. The van der Waals surface area contributed by atoms with Crippen molar-refractivity contribution in [1.82, 2.24) is 10.2 Å². The van der Waals surface area contributed by atoms with Crippen molar-refractivity contribution < 1.29 is 32.2 Å². The molecule has 0 saturated carbocycles. The van der Waals surface area contributed by atoms with Crippen LogP contribution in [-0.2, 0) is 32.6 Å². The van der Waals surface area contributed by atoms with Gasteiger partial charge in [0.05, 0.1) is 31.9 Å². The first kappa shape index (κ1) is 34.8. The van der Waals surface area contributed by atoms with Gasteiger partial charge in [0.1, 0.15) is 29.8 Å². The van der Waals surface area contributed by atoms with Gasteiger partial charge in [-0.15, -0.1) is 0 Å². The first-order valence-electron chi connectivity index (χ1n) is 15.3. The Morgan fingerprint density at radius 2 is 1.40 bits per heavy atom. The molecule has 0 spiro atoms. The lowest BCUT2D eigenvalue weighted by molar-refractivity contribution is -0.140. The number of carbonyl (C=O) groups excluding carboxylic acids is 2. The molecule has 1 atom stereocenters. The third-order valence-corrected chi connectivity index (χ3v) is 9.35. The molecule has 4 aromatic rings. The maximum absolute atomic E-state index is 14.7. The zero-order valence-corrected chi connectivity index (χ0v) is 27.9. The molecule has 10 nitrogen and oxygen atoms in total. The quantitative estimate of drug-likeness (QED) is 0.179. The van der Waals surface area contributed by atoms with Crippen molar-refractivity contribution in [3.05, 3.63) is 114 Å². The number of nitrogens with zero attached hydrogens (tertiary/aromatic N) is 2. The number of methoxy groups -OCH3 is 3. The van der Waals surface area contributed by atoms with Crippen LogP contribution in [0.3, 0.4) is 0 Å². The molecule has 0 bridgehead atoms. The average Bonchev–Trinajstić information content (AvgIpc) is 3.11. The summed E-state index contributed by atoms with van der Waals surface area (Å²) >= 11 is 0. The molecule has 0 unspecified atom stereocenters. The molecule has 0 aromatic heterocycles. The largest absolute Gasteiger partial charge is 0.497 e. The van der Waals surface area contributed by atoms with E-state index < -0.39 is 28.5 Å². The zero-order valence-electron chi connectivity index (χ0n) is 27.1. The van der Waals surface area contributed by atoms with Crippen molar-refractivity contribution >= 4 is 27.5 Å². The fourth-order valence-corrected chi connectivity index (χ4v) is 6.55. The third-order valence-electron chi connectivity index (χ3n) is 7.57. The number of carbonyl (C=O) groups is 2. The summed E-state index contributed by atoms with van der Waals surface area (Å²) in [5, 5.41) is 2.94. The molecule has 4 aromatic carbocycles. The normalized spacial score (nSPS) is 11.7. The number of nitrogens with one attached hydrogen (secondary N) is 1. The second-order valence-electron chi connectivity index (χ2n) is 10.7. The first-order valence-corrected chi connectivity index (χ1v) is 16.7. The minimum Gasteiger partial charge on any atom is -0.497 e. The molecular formula is C36H41N3O7S. The zero-order chi connectivity index (χ0) is 33.8. The summed E-state index contributed by atoms with van der Waals surface area (Å²) in [5.74, 6) is 0.238. The molecule has 47 heavy (non-hydrogen) atoms. The van der Waals surface area contributed by atoms with Crippen LogP contribution in [0.15, 0.2) is 108 Å². The van der Waals surface area contributed by atoms with Crippen molar-refractivity contribution in [2.24, 2.45) is 0 Å². The Morgan fingerprint density at radius 3 is 2.04 bits per heavy atom. The number of benzene rings is 4. The molecule has 2 amide bonds. The van der Waals surface area contributed by atoms with E-state index in [0.29, 0.717) is 30.0 Å². The van der Waals surface area contributed by atoms with Crippen molar-refractivity contribution in [2.45, 2.75) is 37.2 Å². The second kappa shape index (κ2) is 16.5. The fraction of sp³-hybridized carbons (Fsp3) is 0.278. The van der Waals surface area contributed by atoms with E-state index in [1.54, 1.807) is 55.6 Å². The van der Waals surface area contributed by atoms with Crippen LogP contribution < -0.4 is 23.8 Å². The van der Waals surface area contributed by atoms with Crippen LogP contribution in [-0.4, -0.2) is 65.6 Å². The van der Waals surface area contributed by atoms with Gasteiger partial charge in [0.15, 0.2) is 0 Å². The van der Waals surface area contributed by atoms with E-state index in [1.165, 1.54) is 37.3 Å². The van der Waals surface area contributed by atoms with Crippen LogP contribution in [0.4, 0.5) is 5.69 Å². The molecule has 0 fully saturated rings. The van der Waals surface area contributed by atoms with E-state index in [2.05, 4.69) is 5.32 Å². The minimum atomic E-state index is -4.31. The van der Waals surface area contributed by atoms with E-state index in [-0.39, 0.29) is 35.2 Å². The first-order chi connectivity index (χ1) is 22.7. The van der Waals surface area contributed by atoms with Crippen LogP contribution in [0, 0.1) is 0 Å². The highest BCUT2D eigenvalue weighted by Crippen LogP contribution is 2.36. The maximum atomic E-state index is 14.7. The molecule has 1 N–H and O–H groups in total. The highest BCUT2D eigenvalue weighted by atomic mass is 32.2. The Balaban J connectivity index is 1.86. The number of hydrogen-bond acceptors (Lipinski definition) is 7. The number of rotatable bonds is 16. The molecular weight excluding hydrogens is 618 g/mol. The fourth-order valence-electron chi connectivity index (χ4n) is 5.11. The molecule has 0 aliphatic heterocycles. The molecule has 0 saturated heterocycles. The number of anilines is 1. The molecule has 248 valence electrons. The molecule has 0 aliphatic rings. The summed E-state index contributed by atoms with van der Waals surface area (Å²) in [6.07, 6.45) is 0.909. The summed E-state index contributed by atoms with van der Waals surface area (Å²) in [4.78, 5) is 29.9. The summed E-state index contributed by atoms with van der Waals surface area (Å²) in [6, 6.07) is 28.2. The highest BCUT2D eigenvalue weighted by molar-refractivity contribution is 7.92. The molecule has 0 heterocycles. The van der Waals surface area contributed by atoms with Gasteiger partial charge in [-0.2, -0.15) is 0 Å². The van der Waals surface area contributed by atoms with Gasteiger partial charge in [-0.25, -0.2) is 8.42 Å². The van der Waals surface area contributed by atoms with Crippen molar-refractivity contribution in [2.75, 3.05) is 38.7 Å². The molecule has 0 aliphatic carbocycles. The minimum absolute atomic E-state index is 0.0152. The maximum Gasteiger partial charge on any atom is 0.264 e. The standard InChI is InChI=1S/C36H41N3O7S/c1-5-21-37-36(41)33(23-27-13-8-6-9-14-27)38(25-28-15-12-16-29(22-28)44-2)35(40)26-39(47(42,43)31-17-10-7-11-18-31)32-24-30(45-3)19-20-34(32)46-4/h6-20,22,24,33H,5,21,23,25-26H2,1-4H3,(H,37,41)/t33-/m0/s1. The lowest BCUT2D eigenvalue weighted by Crippen LogP contribution is -2.53. The van der Waals surface area contributed by atoms with Gasteiger partial charge in [-0.1, -0.05) is 67.6 Å². The van der Waals surface area contributed by atoms with Gasteiger partial charge in [0, 0.05) is 25.6 Å². The van der Waals surface area contributed by atoms with Gasteiger partial charge < -0.3 is 24.4 Å². The Morgan fingerprint density at radius 1 is 0.766 bits per heavy atom. The van der Waals surface area contributed by atoms with Gasteiger partial charge in [0.2, 0.25) is 11.8 Å². The van der Waals surface area contributed by atoms with Crippen LogP contribution in [0.2, 0.25) is 0 Å². The lowest BCUT2D eigenvalue weighted by atomic mass is 10.0. The van der Waals surface area contributed by atoms with Crippen LogP contribution in [0.25, 0.3) is 0 Å². The third kappa shape index (κ3) is 8.82. The SMILES string of the molecule is CCCNC(=O)[C@H](Cc1ccccc1)N(Cc1cccc(OC)c1)C(=O)CN(c1cc(OC)ccc1OC)S(=O)(=O)c1ccccc1. The van der Waals surface area contributed by atoms with Crippen molar-refractivity contribution in [1.29, 1.82) is 0 Å². The van der Waals surface area contributed by atoms with E-state index >= 15 is 0 Å². The van der Waals surface area contributed by atoms with E-state index in [4.69, 9.17) is 14.2 Å². The van der Waals surface area contributed by atoms with E-state index in [0.717, 1.165) is 9.87 Å². The van der Waals surface area contributed by atoms with Gasteiger partial charge >= 0.3 is 0 Å². The van der Waals surface area contributed by atoms with Gasteiger partial charge in [-0.3, -0.25) is 13.9 Å². The van der Waals surface area contributed by atoms with Crippen LogP contribution in [0.1, 0.15) is 24.5 Å². The Labute approximate surface area is 276 Å². The monoisotopic (exact) mass is 659 g/mol. The van der Waals surface area contributed by atoms with Crippen LogP contribution in [0.5, 0.6) is 17.2 Å². The van der Waals surface area contributed by atoms with Gasteiger partial charge in [-0.05, 0) is 53.9 Å². The average molecular weight is 660 g/mol.